The SMILES string of the molecule is O=CCCCC(=O)OC(=O)CC(O)(CC(=O)O)C(=O)O. The predicted molar refractivity (Wildman–Crippen MR) is 60.5 cm³/mol. The first kappa shape index (κ1) is 17.7. The Bertz CT molecular complexity index is 414. The van der Waals surface area contributed by atoms with E-state index >= 15 is 0 Å². The molecule has 20 heavy (non-hydrogen) atoms. The summed E-state index contributed by atoms with van der Waals surface area (Å²) in [5.41, 5.74) is -2.84. The first-order valence-corrected chi connectivity index (χ1v) is 5.56. The van der Waals surface area contributed by atoms with Crippen LogP contribution >= 0.6 is 0 Å². The fourth-order valence-electron chi connectivity index (χ4n) is 1.25. The second-order valence-corrected chi connectivity index (χ2v) is 3.99. The molecule has 0 aliphatic rings. The van der Waals surface area contributed by atoms with Gasteiger partial charge in [-0.2, -0.15) is 0 Å². The maximum absolute atomic E-state index is 11.3. The molecule has 112 valence electrons. The molecule has 0 rings (SSSR count). The van der Waals surface area contributed by atoms with Gasteiger partial charge in [0.25, 0.3) is 0 Å². The molecule has 0 heterocycles. The molecule has 0 spiro atoms. The van der Waals surface area contributed by atoms with Gasteiger partial charge in [-0.3, -0.25) is 14.4 Å². The Morgan fingerprint density at radius 2 is 1.65 bits per heavy atom. The highest BCUT2D eigenvalue weighted by atomic mass is 16.6. The van der Waals surface area contributed by atoms with E-state index in [0.717, 1.165) is 0 Å². The number of carbonyl (C=O) groups is 5. The highest BCUT2D eigenvalue weighted by Gasteiger charge is 2.41. The molecule has 0 radical (unpaired) electrons. The average Bonchev–Trinajstić information content (AvgIpc) is 2.27. The normalized spacial score (nSPS) is 13.1. The van der Waals surface area contributed by atoms with Gasteiger partial charge in [0.1, 0.15) is 6.29 Å². The topological polar surface area (TPSA) is 155 Å². The molecule has 3 N–H and O–H groups in total. The van der Waals surface area contributed by atoms with Crippen LogP contribution in [0.5, 0.6) is 0 Å². The molecule has 0 aromatic carbocycles. The summed E-state index contributed by atoms with van der Waals surface area (Å²) in [7, 11) is 0. The zero-order chi connectivity index (χ0) is 15.8. The lowest BCUT2D eigenvalue weighted by Gasteiger charge is -2.19. The maximum Gasteiger partial charge on any atom is 0.336 e. The summed E-state index contributed by atoms with van der Waals surface area (Å²) in [6, 6.07) is 0. The van der Waals surface area contributed by atoms with Crippen LogP contribution in [0, 0.1) is 0 Å². The number of rotatable bonds is 9. The Hall–Kier alpha value is -2.29. The van der Waals surface area contributed by atoms with Gasteiger partial charge in [0.2, 0.25) is 0 Å². The van der Waals surface area contributed by atoms with Gasteiger partial charge in [0, 0.05) is 12.8 Å². The number of carboxylic acids is 2. The molecule has 0 fully saturated rings. The van der Waals surface area contributed by atoms with Crippen LogP contribution in [0.3, 0.4) is 0 Å². The maximum atomic E-state index is 11.3. The molecule has 0 aliphatic heterocycles. The van der Waals surface area contributed by atoms with Crippen molar-refractivity contribution in [2.24, 2.45) is 0 Å². The third-order valence-electron chi connectivity index (χ3n) is 2.21. The fraction of sp³-hybridized carbons (Fsp3) is 0.545. The first-order chi connectivity index (χ1) is 9.21. The van der Waals surface area contributed by atoms with Crippen LogP contribution in [0.4, 0.5) is 0 Å². The molecule has 0 aromatic heterocycles. The second-order valence-electron chi connectivity index (χ2n) is 3.99. The van der Waals surface area contributed by atoms with Crippen molar-refractivity contribution >= 4 is 30.2 Å². The molecule has 0 saturated carbocycles. The van der Waals surface area contributed by atoms with E-state index in [1.807, 2.05) is 0 Å². The van der Waals surface area contributed by atoms with Gasteiger partial charge in [-0.1, -0.05) is 0 Å². The molecule has 0 bridgehead atoms. The monoisotopic (exact) mass is 290 g/mol. The van der Waals surface area contributed by atoms with Crippen LogP contribution in [0.15, 0.2) is 0 Å². The molecule has 9 nitrogen and oxygen atoms in total. The molecule has 1 atom stereocenters. The number of ether oxygens (including phenoxy) is 1. The molecule has 0 amide bonds. The molecule has 0 aliphatic carbocycles. The summed E-state index contributed by atoms with van der Waals surface area (Å²) in [6.45, 7) is 0. The number of hydrogen-bond donors (Lipinski definition) is 3. The van der Waals surface area contributed by atoms with Crippen molar-refractivity contribution in [1.29, 1.82) is 0 Å². The van der Waals surface area contributed by atoms with Crippen molar-refractivity contribution in [3.8, 4) is 0 Å². The largest absolute Gasteiger partial charge is 0.481 e. The number of esters is 2. The lowest BCUT2D eigenvalue weighted by molar-refractivity contribution is -0.174. The van der Waals surface area contributed by atoms with E-state index in [-0.39, 0.29) is 19.3 Å². The molecule has 0 saturated heterocycles. The number of carboxylic acid groups (broad SMARTS) is 2. The summed E-state index contributed by atoms with van der Waals surface area (Å²) in [4.78, 5) is 53.5. The molecular formula is C11H14O9. The summed E-state index contributed by atoms with van der Waals surface area (Å²) < 4.78 is 4.21. The van der Waals surface area contributed by atoms with Crippen molar-refractivity contribution in [3.63, 3.8) is 0 Å². The number of carbonyl (C=O) groups excluding carboxylic acids is 3. The van der Waals surface area contributed by atoms with Gasteiger partial charge >= 0.3 is 23.9 Å². The number of hydrogen-bond acceptors (Lipinski definition) is 7. The Labute approximate surface area is 113 Å². The number of aldehydes is 1. The highest BCUT2D eigenvalue weighted by molar-refractivity contribution is 5.92. The van der Waals surface area contributed by atoms with E-state index in [9.17, 15) is 29.1 Å². The zero-order valence-electron chi connectivity index (χ0n) is 10.4. The van der Waals surface area contributed by atoms with Crippen LogP contribution in [0.2, 0.25) is 0 Å². The molecular weight excluding hydrogens is 276 g/mol. The van der Waals surface area contributed by atoms with E-state index in [4.69, 9.17) is 10.2 Å². The third kappa shape index (κ3) is 6.59. The van der Waals surface area contributed by atoms with Gasteiger partial charge in [-0.25, -0.2) is 4.79 Å². The van der Waals surface area contributed by atoms with E-state index in [0.29, 0.717) is 6.29 Å². The van der Waals surface area contributed by atoms with Gasteiger partial charge in [0.15, 0.2) is 5.60 Å². The number of aliphatic carboxylic acids is 2. The highest BCUT2D eigenvalue weighted by Crippen LogP contribution is 2.17. The summed E-state index contributed by atoms with van der Waals surface area (Å²) >= 11 is 0. The summed E-state index contributed by atoms with van der Waals surface area (Å²) in [6.07, 6.45) is -1.78. The van der Waals surface area contributed by atoms with Crippen molar-refractivity contribution in [2.45, 2.75) is 37.7 Å². The standard InChI is InChI=1S/C11H14O9/c12-4-2-1-3-8(15)20-9(16)6-11(19,10(17)18)5-7(13)14/h4,19H,1-3,5-6H2,(H,13,14)(H,17,18). The summed E-state index contributed by atoms with van der Waals surface area (Å²) in [5, 5.41) is 26.7. The molecule has 1 unspecified atom stereocenters. The minimum atomic E-state index is -2.84. The van der Waals surface area contributed by atoms with Gasteiger partial charge < -0.3 is 24.9 Å². The zero-order valence-corrected chi connectivity index (χ0v) is 10.4. The predicted octanol–water partition coefficient (Wildman–Crippen LogP) is -0.894. The Morgan fingerprint density at radius 1 is 1.05 bits per heavy atom. The van der Waals surface area contributed by atoms with E-state index in [1.165, 1.54) is 0 Å². The van der Waals surface area contributed by atoms with Crippen molar-refractivity contribution in [1.82, 2.24) is 0 Å². The van der Waals surface area contributed by atoms with E-state index in [1.54, 1.807) is 0 Å². The summed E-state index contributed by atoms with van der Waals surface area (Å²) in [5.74, 6) is -5.88. The Balaban J connectivity index is 4.47. The number of unbranched alkanes of at least 4 members (excludes halogenated alkanes) is 1. The fourth-order valence-corrected chi connectivity index (χ4v) is 1.25. The number of aliphatic hydroxyl groups is 1. The van der Waals surface area contributed by atoms with Crippen LogP contribution < -0.4 is 0 Å². The van der Waals surface area contributed by atoms with Crippen LogP contribution in [-0.4, -0.2) is 51.1 Å². The smallest absolute Gasteiger partial charge is 0.336 e. The van der Waals surface area contributed by atoms with Crippen LogP contribution in [0.1, 0.15) is 32.1 Å². The Kier molecular flexibility index (Phi) is 7.08. The molecule has 9 heteroatoms. The third-order valence-corrected chi connectivity index (χ3v) is 2.21. The van der Waals surface area contributed by atoms with E-state index in [2.05, 4.69) is 4.74 Å². The van der Waals surface area contributed by atoms with Crippen molar-refractivity contribution < 1.29 is 44.0 Å². The first-order valence-electron chi connectivity index (χ1n) is 5.56. The second kappa shape index (κ2) is 8.00. The minimum Gasteiger partial charge on any atom is -0.481 e. The Morgan fingerprint density at radius 3 is 2.10 bits per heavy atom. The van der Waals surface area contributed by atoms with Gasteiger partial charge in [-0.15, -0.1) is 0 Å². The van der Waals surface area contributed by atoms with Crippen LogP contribution in [0.25, 0.3) is 0 Å². The lowest BCUT2D eigenvalue weighted by Crippen LogP contribution is -2.43. The van der Waals surface area contributed by atoms with Crippen molar-refractivity contribution in [2.75, 3.05) is 0 Å². The minimum absolute atomic E-state index is 0.0986. The van der Waals surface area contributed by atoms with Gasteiger partial charge in [-0.05, 0) is 6.42 Å². The molecule has 0 aromatic rings. The quantitative estimate of drug-likeness (QED) is 0.212. The average molecular weight is 290 g/mol. The lowest BCUT2D eigenvalue weighted by atomic mass is 9.96. The van der Waals surface area contributed by atoms with E-state index < -0.39 is 42.3 Å². The van der Waals surface area contributed by atoms with Gasteiger partial charge in [0.05, 0.1) is 12.8 Å². The van der Waals surface area contributed by atoms with Crippen molar-refractivity contribution in [3.05, 3.63) is 0 Å². The van der Waals surface area contributed by atoms with Crippen LogP contribution in [-0.2, 0) is 28.7 Å².